The summed E-state index contributed by atoms with van der Waals surface area (Å²) in [6, 6.07) is 6.40. The smallest absolute Gasteiger partial charge is 0.228 e. The Balaban J connectivity index is 1.92. The lowest BCUT2D eigenvalue weighted by Crippen LogP contribution is -2.35. The number of phenols is 2. The number of benzene rings is 2. The van der Waals surface area contributed by atoms with Crippen LogP contribution in [0.5, 0.6) is 11.5 Å². The number of hydrogen-bond acceptors (Lipinski definition) is 4. The van der Waals surface area contributed by atoms with Crippen LogP contribution in [-0.2, 0) is 5.41 Å². The third-order valence-electron chi connectivity index (χ3n) is 5.80. The van der Waals surface area contributed by atoms with Crippen LogP contribution in [0.3, 0.4) is 0 Å². The van der Waals surface area contributed by atoms with Gasteiger partial charge in [0.25, 0.3) is 0 Å². The number of allylic oxidation sites excluding steroid dienone is 1. The van der Waals surface area contributed by atoms with Crippen molar-refractivity contribution >= 4 is 22.1 Å². The van der Waals surface area contributed by atoms with Crippen molar-refractivity contribution in [2.24, 2.45) is 0 Å². The fourth-order valence-corrected chi connectivity index (χ4v) is 4.39. The normalized spacial score (nSPS) is 21.3. The van der Waals surface area contributed by atoms with Crippen molar-refractivity contribution in [3.05, 3.63) is 65.1 Å². The molecule has 4 heteroatoms. The molecule has 0 aliphatic heterocycles. The molecule has 124 valence electrons. The molecule has 2 aliphatic carbocycles. The van der Waals surface area contributed by atoms with Crippen LogP contribution >= 0.6 is 0 Å². The summed E-state index contributed by atoms with van der Waals surface area (Å²) in [6.45, 7) is 6.21. The SMILES string of the molecule is C=C1CC[C@@]2(C)c3cc4c(O)ccc(O)c4cc3C(=O)c3occ1c32. The van der Waals surface area contributed by atoms with Gasteiger partial charge in [0.1, 0.15) is 11.5 Å². The lowest BCUT2D eigenvalue weighted by Gasteiger charge is -2.39. The molecule has 1 atom stereocenters. The maximum Gasteiger partial charge on any atom is 0.228 e. The van der Waals surface area contributed by atoms with Gasteiger partial charge in [0, 0.05) is 32.9 Å². The summed E-state index contributed by atoms with van der Waals surface area (Å²) >= 11 is 0. The molecule has 0 fully saturated rings. The quantitative estimate of drug-likeness (QED) is 0.595. The summed E-state index contributed by atoms with van der Waals surface area (Å²) in [4.78, 5) is 13.0. The molecule has 4 nitrogen and oxygen atoms in total. The minimum atomic E-state index is -0.381. The highest BCUT2D eigenvalue weighted by Crippen LogP contribution is 2.53. The third kappa shape index (κ3) is 1.59. The van der Waals surface area contributed by atoms with Crippen molar-refractivity contribution in [3.8, 4) is 11.5 Å². The Morgan fingerprint density at radius 3 is 2.52 bits per heavy atom. The van der Waals surface area contributed by atoms with Gasteiger partial charge in [-0.2, -0.15) is 0 Å². The summed E-state index contributed by atoms with van der Waals surface area (Å²) in [6.07, 6.45) is 3.26. The second-order valence-electron chi connectivity index (χ2n) is 7.17. The molecule has 2 aromatic carbocycles. The van der Waals surface area contributed by atoms with Crippen LogP contribution in [0.25, 0.3) is 16.3 Å². The average molecular weight is 332 g/mol. The largest absolute Gasteiger partial charge is 0.507 e. The van der Waals surface area contributed by atoms with Gasteiger partial charge in [-0.05, 0) is 48.2 Å². The number of ketones is 1. The van der Waals surface area contributed by atoms with Crippen molar-refractivity contribution in [2.45, 2.75) is 25.2 Å². The first-order valence-corrected chi connectivity index (χ1v) is 8.26. The van der Waals surface area contributed by atoms with Gasteiger partial charge in [-0.25, -0.2) is 0 Å². The van der Waals surface area contributed by atoms with Gasteiger partial charge >= 0.3 is 0 Å². The predicted octanol–water partition coefficient (Wildman–Crippen LogP) is 4.50. The van der Waals surface area contributed by atoms with Gasteiger partial charge in [0.05, 0.1) is 6.26 Å². The van der Waals surface area contributed by atoms with E-state index >= 15 is 0 Å². The molecule has 0 bridgehead atoms. The summed E-state index contributed by atoms with van der Waals surface area (Å²) in [5.74, 6) is 0.305. The summed E-state index contributed by atoms with van der Waals surface area (Å²) in [5.41, 5.74) is 3.82. The van der Waals surface area contributed by atoms with E-state index in [0.29, 0.717) is 22.1 Å². The molecule has 25 heavy (non-hydrogen) atoms. The highest BCUT2D eigenvalue weighted by atomic mass is 16.3. The Morgan fingerprint density at radius 1 is 1.12 bits per heavy atom. The van der Waals surface area contributed by atoms with Crippen molar-refractivity contribution in [2.75, 3.05) is 0 Å². The van der Waals surface area contributed by atoms with Gasteiger partial charge in [-0.1, -0.05) is 13.5 Å². The van der Waals surface area contributed by atoms with Gasteiger partial charge in [-0.15, -0.1) is 0 Å². The molecule has 2 N–H and O–H groups in total. The summed E-state index contributed by atoms with van der Waals surface area (Å²) in [7, 11) is 0. The van der Waals surface area contributed by atoms with Gasteiger partial charge in [-0.3, -0.25) is 4.79 Å². The second kappa shape index (κ2) is 4.33. The van der Waals surface area contributed by atoms with Crippen LogP contribution in [-0.4, -0.2) is 16.0 Å². The molecule has 3 aromatic rings. The first kappa shape index (κ1) is 14.3. The standard InChI is InChI=1S/C21H16O4/c1-10-5-6-21(2)15-8-12-11(16(22)3-4-17(12)23)7-13(15)19(24)20-18(21)14(10)9-25-20/h3-4,7-9,22-23H,1,5-6H2,2H3/t21-/m0/s1. The number of aromatic hydroxyl groups is 2. The fourth-order valence-electron chi connectivity index (χ4n) is 4.39. The van der Waals surface area contributed by atoms with E-state index in [4.69, 9.17) is 4.42 Å². The predicted molar refractivity (Wildman–Crippen MR) is 94.1 cm³/mol. The van der Waals surface area contributed by atoms with Gasteiger partial charge in [0.15, 0.2) is 5.76 Å². The molecular weight excluding hydrogens is 316 g/mol. The minimum absolute atomic E-state index is 0.0384. The number of carbonyl (C=O) groups excluding carboxylic acids is 1. The van der Waals surface area contributed by atoms with E-state index in [0.717, 1.165) is 35.1 Å². The Morgan fingerprint density at radius 2 is 1.80 bits per heavy atom. The van der Waals surface area contributed by atoms with Crippen LogP contribution < -0.4 is 0 Å². The number of carbonyl (C=O) groups is 1. The third-order valence-corrected chi connectivity index (χ3v) is 5.80. The molecule has 0 saturated heterocycles. The maximum atomic E-state index is 13.0. The number of fused-ring (bicyclic) bond motifs is 3. The highest BCUT2D eigenvalue weighted by molar-refractivity contribution is 6.15. The minimum Gasteiger partial charge on any atom is -0.507 e. The monoisotopic (exact) mass is 332 g/mol. The van der Waals surface area contributed by atoms with Gasteiger partial charge in [0.2, 0.25) is 5.78 Å². The lowest BCUT2D eigenvalue weighted by atomic mass is 9.62. The van der Waals surface area contributed by atoms with Crippen LogP contribution in [0.4, 0.5) is 0 Å². The number of phenolic OH excluding ortho intramolecular Hbond substituents is 2. The van der Waals surface area contributed by atoms with E-state index in [1.54, 1.807) is 12.3 Å². The van der Waals surface area contributed by atoms with Crippen molar-refractivity contribution in [1.82, 2.24) is 0 Å². The van der Waals surface area contributed by atoms with E-state index in [9.17, 15) is 15.0 Å². The fraction of sp³-hybridized carbons (Fsp3) is 0.190. The molecule has 0 spiro atoms. The Labute approximate surface area is 144 Å². The molecule has 0 amide bonds. The Bertz CT molecular complexity index is 1120. The van der Waals surface area contributed by atoms with E-state index < -0.39 is 0 Å². The number of rotatable bonds is 0. The van der Waals surface area contributed by atoms with E-state index in [1.165, 1.54) is 12.1 Å². The first-order valence-electron chi connectivity index (χ1n) is 8.26. The van der Waals surface area contributed by atoms with Crippen LogP contribution in [0.1, 0.15) is 52.6 Å². The zero-order chi connectivity index (χ0) is 17.5. The molecule has 0 radical (unpaired) electrons. The van der Waals surface area contributed by atoms with E-state index in [1.807, 2.05) is 6.07 Å². The average Bonchev–Trinajstić information content (AvgIpc) is 3.06. The molecule has 1 aromatic heterocycles. The lowest BCUT2D eigenvalue weighted by molar-refractivity contribution is 0.0998. The molecule has 0 unspecified atom stereocenters. The van der Waals surface area contributed by atoms with Crippen LogP contribution in [0, 0.1) is 0 Å². The van der Waals surface area contributed by atoms with Crippen molar-refractivity contribution < 1.29 is 19.4 Å². The zero-order valence-corrected chi connectivity index (χ0v) is 13.7. The Kier molecular flexibility index (Phi) is 2.49. The first-order chi connectivity index (χ1) is 11.9. The van der Waals surface area contributed by atoms with Crippen LogP contribution in [0.2, 0.25) is 0 Å². The molecule has 0 saturated carbocycles. The summed E-state index contributed by atoms with van der Waals surface area (Å²) in [5, 5.41) is 21.4. The topological polar surface area (TPSA) is 70.7 Å². The maximum absolute atomic E-state index is 13.0. The van der Waals surface area contributed by atoms with Crippen molar-refractivity contribution in [3.63, 3.8) is 0 Å². The highest BCUT2D eigenvalue weighted by Gasteiger charge is 2.46. The van der Waals surface area contributed by atoms with Crippen molar-refractivity contribution in [1.29, 1.82) is 0 Å². The number of hydrogen-bond donors (Lipinski definition) is 2. The molecular formula is C21H16O4. The van der Waals surface area contributed by atoms with E-state index in [-0.39, 0.29) is 22.7 Å². The zero-order valence-electron chi connectivity index (χ0n) is 13.7. The van der Waals surface area contributed by atoms with Gasteiger partial charge < -0.3 is 14.6 Å². The van der Waals surface area contributed by atoms with Crippen LogP contribution in [0.15, 0.2) is 41.5 Å². The summed E-state index contributed by atoms with van der Waals surface area (Å²) < 4.78 is 5.64. The molecule has 5 rings (SSSR count). The molecule has 1 heterocycles. The van der Waals surface area contributed by atoms with E-state index in [2.05, 4.69) is 13.5 Å². The molecule has 2 aliphatic rings. The number of furan rings is 1. The Hall–Kier alpha value is -3.01. The second-order valence-corrected chi connectivity index (χ2v) is 7.17.